The average Bonchev–Trinajstić information content (AvgIpc) is 2.84. The topological polar surface area (TPSA) is 78.1 Å². The zero-order chi connectivity index (χ0) is 14.1. The highest BCUT2D eigenvalue weighted by molar-refractivity contribution is 7.21. The fraction of sp³-hybridized carbons (Fsp3) is 0.0714. The first kappa shape index (κ1) is 12.6. The van der Waals surface area contributed by atoms with Crippen LogP contribution in [-0.2, 0) is 4.74 Å². The first-order valence-electron chi connectivity index (χ1n) is 5.89. The van der Waals surface area contributed by atoms with E-state index in [2.05, 4.69) is 9.97 Å². The van der Waals surface area contributed by atoms with Crippen LogP contribution >= 0.6 is 11.3 Å². The number of carbonyl (C=O) groups excluding carboxylic acids is 1. The summed E-state index contributed by atoms with van der Waals surface area (Å²) in [5.74, 6) is -0.464. The second-order valence-corrected chi connectivity index (χ2v) is 5.11. The third kappa shape index (κ3) is 2.00. The molecule has 0 saturated carbocycles. The third-order valence-electron chi connectivity index (χ3n) is 2.88. The third-order valence-corrected chi connectivity index (χ3v) is 3.95. The molecule has 0 saturated heterocycles. The van der Waals surface area contributed by atoms with Crippen molar-refractivity contribution in [2.45, 2.75) is 0 Å². The number of methoxy groups -OCH3 is 1. The van der Waals surface area contributed by atoms with Gasteiger partial charge < -0.3 is 10.5 Å². The van der Waals surface area contributed by atoms with E-state index in [9.17, 15) is 4.79 Å². The predicted octanol–water partition coefficient (Wildman–Crippen LogP) is 2.73. The molecule has 20 heavy (non-hydrogen) atoms. The molecule has 2 aromatic heterocycles. The number of anilines is 1. The Morgan fingerprint density at radius 3 is 2.75 bits per heavy atom. The molecule has 0 radical (unpaired) electrons. The number of esters is 1. The number of carbonyl (C=O) groups is 1. The quantitative estimate of drug-likeness (QED) is 0.732. The lowest BCUT2D eigenvalue weighted by Gasteiger charge is -1.99. The molecule has 0 amide bonds. The van der Waals surface area contributed by atoms with Crippen molar-refractivity contribution in [2.75, 3.05) is 12.8 Å². The van der Waals surface area contributed by atoms with Crippen molar-refractivity contribution < 1.29 is 9.53 Å². The Bertz CT molecular complexity index is 784. The zero-order valence-corrected chi connectivity index (χ0v) is 11.5. The number of thiophene rings is 1. The van der Waals surface area contributed by atoms with Gasteiger partial charge in [-0.15, -0.1) is 11.3 Å². The second-order valence-electron chi connectivity index (χ2n) is 4.11. The van der Waals surface area contributed by atoms with E-state index in [1.165, 1.54) is 18.4 Å². The van der Waals surface area contributed by atoms with Crippen LogP contribution in [0.1, 0.15) is 9.67 Å². The number of ether oxygens (including phenoxy) is 1. The highest BCUT2D eigenvalue weighted by Crippen LogP contribution is 2.32. The van der Waals surface area contributed by atoms with Gasteiger partial charge >= 0.3 is 5.97 Å². The van der Waals surface area contributed by atoms with E-state index < -0.39 is 5.97 Å². The van der Waals surface area contributed by atoms with Crippen LogP contribution in [0.25, 0.3) is 21.6 Å². The summed E-state index contributed by atoms with van der Waals surface area (Å²) < 4.78 is 4.70. The van der Waals surface area contributed by atoms with Gasteiger partial charge in [0.1, 0.15) is 15.2 Å². The number of aromatic nitrogens is 2. The Hall–Kier alpha value is -2.47. The molecule has 0 spiro atoms. The molecule has 3 rings (SSSR count). The summed E-state index contributed by atoms with van der Waals surface area (Å²) in [6.45, 7) is 0. The molecule has 1 aromatic carbocycles. The molecular formula is C14H11N3O2S. The minimum Gasteiger partial charge on any atom is -0.465 e. The Kier molecular flexibility index (Phi) is 3.08. The van der Waals surface area contributed by atoms with Crippen molar-refractivity contribution in [1.82, 2.24) is 9.97 Å². The highest BCUT2D eigenvalue weighted by atomic mass is 32.1. The maximum absolute atomic E-state index is 11.6. The van der Waals surface area contributed by atoms with Crippen LogP contribution in [0.4, 0.5) is 5.69 Å². The van der Waals surface area contributed by atoms with Crippen LogP contribution in [0.15, 0.2) is 36.5 Å². The first-order chi connectivity index (χ1) is 9.70. The molecule has 0 unspecified atom stereocenters. The number of hydrogen-bond acceptors (Lipinski definition) is 6. The Morgan fingerprint density at radius 2 is 2.05 bits per heavy atom. The van der Waals surface area contributed by atoms with Crippen LogP contribution in [-0.4, -0.2) is 23.0 Å². The van der Waals surface area contributed by atoms with Crippen LogP contribution in [0.2, 0.25) is 0 Å². The van der Waals surface area contributed by atoms with Gasteiger partial charge in [0.15, 0.2) is 0 Å². The summed E-state index contributed by atoms with van der Waals surface area (Å²) >= 11 is 1.19. The van der Waals surface area contributed by atoms with Crippen LogP contribution in [0, 0.1) is 0 Å². The monoisotopic (exact) mass is 285 g/mol. The van der Waals surface area contributed by atoms with E-state index >= 15 is 0 Å². The van der Waals surface area contributed by atoms with E-state index in [1.54, 1.807) is 6.20 Å². The zero-order valence-electron chi connectivity index (χ0n) is 10.7. The summed E-state index contributed by atoms with van der Waals surface area (Å²) in [6, 6.07) is 9.71. The summed E-state index contributed by atoms with van der Waals surface area (Å²) in [5, 5.41) is 0. The van der Waals surface area contributed by atoms with Gasteiger partial charge in [0.25, 0.3) is 0 Å². The Morgan fingerprint density at radius 1 is 1.30 bits per heavy atom. The first-order valence-corrected chi connectivity index (χ1v) is 6.71. The molecule has 0 bridgehead atoms. The maximum atomic E-state index is 11.6. The molecule has 2 N–H and O–H groups in total. The van der Waals surface area contributed by atoms with Gasteiger partial charge in [-0.2, -0.15) is 0 Å². The largest absolute Gasteiger partial charge is 0.465 e. The Balaban J connectivity index is 2.15. The number of nitrogen functional groups attached to an aromatic ring is 1. The molecular weight excluding hydrogens is 274 g/mol. The van der Waals surface area contributed by atoms with Crippen LogP contribution < -0.4 is 5.73 Å². The van der Waals surface area contributed by atoms with Gasteiger partial charge in [-0.05, 0) is 0 Å². The van der Waals surface area contributed by atoms with Gasteiger partial charge in [0.2, 0.25) is 0 Å². The number of hydrogen-bond donors (Lipinski definition) is 1. The molecule has 0 aliphatic carbocycles. The molecule has 0 atom stereocenters. The minimum absolute atomic E-state index is 0.323. The van der Waals surface area contributed by atoms with E-state index in [1.807, 2.05) is 30.3 Å². The average molecular weight is 285 g/mol. The van der Waals surface area contributed by atoms with Gasteiger partial charge in [-0.25, -0.2) is 14.8 Å². The molecule has 0 fully saturated rings. The summed E-state index contributed by atoms with van der Waals surface area (Å²) in [5.41, 5.74) is 8.48. The maximum Gasteiger partial charge on any atom is 0.350 e. The molecule has 0 aliphatic rings. The summed E-state index contributed by atoms with van der Waals surface area (Å²) in [4.78, 5) is 21.4. The molecule has 6 heteroatoms. The van der Waals surface area contributed by atoms with Gasteiger partial charge in [0.05, 0.1) is 24.7 Å². The van der Waals surface area contributed by atoms with E-state index in [0.29, 0.717) is 20.9 Å². The highest BCUT2D eigenvalue weighted by Gasteiger charge is 2.19. The van der Waals surface area contributed by atoms with Crippen molar-refractivity contribution in [1.29, 1.82) is 0 Å². The van der Waals surface area contributed by atoms with E-state index in [4.69, 9.17) is 10.5 Å². The van der Waals surface area contributed by atoms with Gasteiger partial charge in [0, 0.05) is 5.56 Å². The SMILES string of the molecule is COC(=O)c1sc2nc(-c3ccccc3)cnc2c1N. The van der Waals surface area contributed by atoms with Crippen LogP contribution in [0.5, 0.6) is 0 Å². The molecule has 5 nitrogen and oxygen atoms in total. The standard InChI is InChI=1S/C14H11N3O2S/c1-19-14(18)12-10(15)11-13(20-12)17-9(7-16-11)8-5-3-2-4-6-8/h2-7H,15H2,1H3. The van der Waals surface area contributed by atoms with Crippen LogP contribution in [0.3, 0.4) is 0 Å². The van der Waals surface area contributed by atoms with Crippen molar-refractivity contribution in [3.63, 3.8) is 0 Å². The van der Waals surface area contributed by atoms with Crippen molar-refractivity contribution in [3.8, 4) is 11.3 Å². The predicted molar refractivity (Wildman–Crippen MR) is 78.6 cm³/mol. The number of benzene rings is 1. The minimum atomic E-state index is -0.464. The fourth-order valence-electron chi connectivity index (χ4n) is 1.88. The molecule has 100 valence electrons. The molecule has 0 aliphatic heterocycles. The van der Waals surface area contributed by atoms with E-state index in [-0.39, 0.29) is 0 Å². The lowest BCUT2D eigenvalue weighted by atomic mass is 10.2. The van der Waals surface area contributed by atoms with E-state index in [0.717, 1.165) is 11.3 Å². The van der Waals surface area contributed by atoms with Gasteiger partial charge in [-0.3, -0.25) is 0 Å². The van der Waals surface area contributed by atoms with Gasteiger partial charge in [-0.1, -0.05) is 30.3 Å². The van der Waals surface area contributed by atoms with Crippen molar-refractivity contribution >= 4 is 33.3 Å². The lowest BCUT2D eigenvalue weighted by molar-refractivity contribution is 0.0607. The molecule has 3 aromatic rings. The number of rotatable bonds is 2. The van der Waals surface area contributed by atoms with Crippen molar-refractivity contribution in [3.05, 3.63) is 41.4 Å². The smallest absolute Gasteiger partial charge is 0.350 e. The summed E-state index contributed by atoms with van der Waals surface area (Å²) in [6.07, 6.45) is 1.65. The number of fused-ring (bicyclic) bond motifs is 1. The fourth-order valence-corrected chi connectivity index (χ4v) is 2.85. The summed E-state index contributed by atoms with van der Waals surface area (Å²) in [7, 11) is 1.32. The number of nitrogens with two attached hydrogens (primary N) is 1. The Labute approximate surface area is 119 Å². The number of nitrogens with zero attached hydrogens (tertiary/aromatic N) is 2. The molecule has 2 heterocycles. The lowest BCUT2D eigenvalue weighted by Crippen LogP contribution is -2.01. The second kappa shape index (κ2) is 4.90. The van der Waals surface area contributed by atoms with Crippen molar-refractivity contribution in [2.24, 2.45) is 0 Å². The normalized spacial score (nSPS) is 10.7.